The molecule has 1 aromatic carbocycles. The Kier molecular flexibility index (Phi) is 14.6. The molecule has 3 atom stereocenters. The van der Waals surface area contributed by atoms with E-state index < -0.39 is 22.4 Å². The molecule has 0 amide bonds. The van der Waals surface area contributed by atoms with Gasteiger partial charge in [0, 0.05) is 45.3 Å². The first-order valence-electron chi connectivity index (χ1n) is 12.6. The Balaban J connectivity index is 2.91. The highest BCUT2D eigenvalue weighted by Crippen LogP contribution is 2.31. The van der Waals surface area contributed by atoms with Gasteiger partial charge in [0.15, 0.2) is 11.5 Å². The van der Waals surface area contributed by atoms with Gasteiger partial charge < -0.3 is 25.1 Å². The second-order valence-electron chi connectivity index (χ2n) is 9.66. The second kappa shape index (κ2) is 16.2. The zero-order valence-corrected chi connectivity index (χ0v) is 23.6. The summed E-state index contributed by atoms with van der Waals surface area (Å²) in [5, 5.41) is 10.8. The number of nitrogens with two attached hydrogens (primary N) is 1. The number of nitrogens with one attached hydrogen (secondary N) is 1. The van der Waals surface area contributed by atoms with E-state index >= 15 is 0 Å². The van der Waals surface area contributed by atoms with Crippen LogP contribution in [-0.2, 0) is 21.4 Å². The van der Waals surface area contributed by atoms with Crippen molar-refractivity contribution in [2.24, 2.45) is 17.6 Å². The minimum absolute atomic E-state index is 0.0852. The van der Waals surface area contributed by atoms with Crippen LogP contribution in [0.25, 0.3) is 0 Å². The standard InChI is InChI=1S/C26H47N3O6S/c1-8-12-28-36(31,32)29(20(4)5)18-24(30)23(27)17-22(19(2)3)15-21-10-11-25(34-7)26(16-21)35-14-9-13-33-6/h8,10-11,16,19-20,22-24,28,30H,1,9,12-15,17-18,27H2,2-7H3/t22-,23-,24-/m0/s1. The molecule has 36 heavy (non-hydrogen) atoms. The molecule has 0 aliphatic carbocycles. The van der Waals surface area contributed by atoms with Crippen LogP contribution < -0.4 is 19.9 Å². The van der Waals surface area contributed by atoms with E-state index in [2.05, 4.69) is 25.1 Å². The molecule has 0 fully saturated rings. The molecule has 0 heterocycles. The third kappa shape index (κ3) is 10.7. The quantitative estimate of drug-likeness (QED) is 0.186. The number of nitrogens with zero attached hydrogens (tertiary/aromatic N) is 1. The molecule has 1 aromatic rings. The molecule has 208 valence electrons. The summed E-state index contributed by atoms with van der Waals surface area (Å²) in [4.78, 5) is 0. The fourth-order valence-electron chi connectivity index (χ4n) is 3.90. The number of hydrogen-bond donors (Lipinski definition) is 3. The molecule has 0 aromatic heterocycles. The van der Waals surface area contributed by atoms with Crippen LogP contribution >= 0.6 is 0 Å². The van der Waals surface area contributed by atoms with Crippen LogP contribution in [0.2, 0.25) is 0 Å². The van der Waals surface area contributed by atoms with Crippen molar-refractivity contribution in [1.82, 2.24) is 9.03 Å². The molecule has 0 aliphatic rings. The molecule has 0 saturated carbocycles. The van der Waals surface area contributed by atoms with Crippen molar-refractivity contribution in [2.75, 3.05) is 40.5 Å². The van der Waals surface area contributed by atoms with Crippen LogP contribution in [0.15, 0.2) is 30.9 Å². The summed E-state index contributed by atoms with van der Waals surface area (Å²) in [5.74, 6) is 1.83. The summed E-state index contributed by atoms with van der Waals surface area (Å²) in [6, 6.07) is 4.97. The van der Waals surface area contributed by atoms with Gasteiger partial charge in [-0.25, -0.2) is 0 Å². The number of aliphatic hydroxyl groups is 1. The predicted octanol–water partition coefficient (Wildman–Crippen LogP) is 2.73. The van der Waals surface area contributed by atoms with Crippen molar-refractivity contribution in [1.29, 1.82) is 0 Å². The Hall–Kier alpha value is -1.69. The van der Waals surface area contributed by atoms with E-state index in [1.807, 2.05) is 18.2 Å². The van der Waals surface area contributed by atoms with Crippen molar-refractivity contribution >= 4 is 10.2 Å². The Morgan fingerprint density at radius 1 is 1.17 bits per heavy atom. The molecule has 1 rings (SSSR count). The lowest BCUT2D eigenvalue weighted by atomic mass is 9.83. The zero-order chi connectivity index (χ0) is 27.3. The number of benzene rings is 1. The van der Waals surface area contributed by atoms with Crippen LogP contribution in [0.5, 0.6) is 11.5 Å². The van der Waals surface area contributed by atoms with Crippen molar-refractivity contribution in [3.8, 4) is 11.5 Å². The molecule has 4 N–H and O–H groups in total. The van der Waals surface area contributed by atoms with Gasteiger partial charge >= 0.3 is 0 Å². The maximum atomic E-state index is 12.6. The average molecular weight is 530 g/mol. The molecular formula is C26H47N3O6S. The molecule has 0 saturated heterocycles. The van der Waals surface area contributed by atoms with Gasteiger partial charge in [-0.15, -0.1) is 6.58 Å². The van der Waals surface area contributed by atoms with E-state index in [0.29, 0.717) is 37.1 Å². The first-order chi connectivity index (χ1) is 17.0. The molecule has 0 bridgehead atoms. The van der Waals surface area contributed by atoms with Crippen molar-refractivity contribution < 1.29 is 27.7 Å². The summed E-state index contributed by atoms with van der Waals surface area (Å²) >= 11 is 0. The Morgan fingerprint density at radius 3 is 2.42 bits per heavy atom. The normalized spacial score (nSPS) is 14.8. The lowest BCUT2D eigenvalue weighted by Crippen LogP contribution is -2.51. The summed E-state index contributed by atoms with van der Waals surface area (Å²) in [5.41, 5.74) is 7.49. The highest BCUT2D eigenvalue weighted by atomic mass is 32.2. The smallest absolute Gasteiger partial charge is 0.280 e. The van der Waals surface area contributed by atoms with Gasteiger partial charge in [0.25, 0.3) is 10.2 Å². The van der Waals surface area contributed by atoms with Gasteiger partial charge in [-0.05, 0) is 56.2 Å². The SMILES string of the molecule is C=CCNS(=O)(=O)N(C[C@H](O)[C@@H](N)C[C@H](Cc1ccc(OC)c(OCCCOC)c1)C(C)C)C(C)C. The first kappa shape index (κ1) is 32.3. The highest BCUT2D eigenvalue weighted by molar-refractivity contribution is 7.87. The van der Waals surface area contributed by atoms with Gasteiger partial charge in [-0.1, -0.05) is 26.0 Å². The summed E-state index contributed by atoms with van der Waals surface area (Å²) < 4.78 is 45.4. The minimum Gasteiger partial charge on any atom is -0.493 e. The molecule has 10 heteroatoms. The average Bonchev–Trinajstić information content (AvgIpc) is 2.83. The Morgan fingerprint density at radius 2 is 1.86 bits per heavy atom. The van der Waals surface area contributed by atoms with Crippen molar-refractivity contribution in [3.63, 3.8) is 0 Å². The maximum absolute atomic E-state index is 12.6. The van der Waals surface area contributed by atoms with E-state index in [9.17, 15) is 13.5 Å². The van der Waals surface area contributed by atoms with Crippen LogP contribution in [0.4, 0.5) is 0 Å². The van der Waals surface area contributed by atoms with Gasteiger partial charge in [0.2, 0.25) is 0 Å². The summed E-state index contributed by atoms with van der Waals surface area (Å²) in [6.07, 6.45) is 2.52. The number of aliphatic hydroxyl groups excluding tert-OH is 1. The summed E-state index contributed by atoms with van der Waals surface area (Å²) in [7, 11) is -0.492. The molecular weight excluding hydrogens is 482 g/mol. The van der Waals surface area contributed by atoms with Crippen molar-refractivity contribution in [3.05, 3.63) is 36.4 Å². The molecule has 0 radical (unpaired) electrons. The lowest BCUT2D eigenvalue weighted by molar-refractivity contribution is 0.0977. The van der Waals surface area contributed by atoms with E-state index in [1.165, 1.54) is 10.4 Å². The Labute approximate surface area is 218 Å². The summed E-state index contributed by atoms with van der Waals surface area (Å²) in [6.45, 7) is 12.5. The number of rotatable bonds is 19. The third-order valence-electron chi connectivity index (χ3n) is 6.15. The fourth-order valence-corrected chi connectivity index (χ4v) is 5.30. The number of hydrogen-bond acceptors (Lipinski definition) is 7. The van der Waals surface area contributed by atoms with E-state index in [-0.39, 0.29) is 25.0 Å². The maximum Gasteiger partial charge on any atom is 0.280 e. The zero-order valence-electron chi connectivity index (χ0n) is 22.8. The van der Waals surface area contributed by atoms with Gasteiger partial charge in [0.1, 0.15) is 0 Å². The highest BCUT2D eigenvalue weighted by Gasteiger charge is 2.30. The van der Waals surface area contributed by atoms with Gasteiger partial charge in [-0.3, -0.25) is 0 Å². The lowest BCUT2D eigenvalue weighted by Gasteiger charge is -2.32. The minimum atomic E-state index is -3.77. The van der Waals surface area contributed by atoms with E-state index in [0.717, 1.165) is 18.4 Å². The number of methoxy groups -OCH3 is 2. The molecule has 0 aliphatic heterocycles. The molecule has 9 nitrogen and oxygen atoms in total. The molecule has 0 spiro atoms. The van der Waals surface area contributed by atoms with Crippen LogP contribution in [0.1, 0.15) is 46.1 Å². The number of ether oxygens (including phenoxy) is 3. The van der Waals surface area contributed by atoms with Gasteiger partial charge in [0.05, 0.1) is 19.8 Å². The topological polar surface area (TPSA) is 123 Å². The largest absolute Gasteiger partial charge is 0.493 e. The van der Waals surface area contributed by atoms with E-state index in [4.69, 9.17) is 19.9 Å². The monoisotopic (exact) mass is 529 g/mol. The first-order valence-corrected chi connectivity index (χ1v) is 14.0. The van der Waals surface area contributed by atoms with E-state index in [1.54, 1.807) is 28.1 Å². The van der Waals surface area contributed by atoms with Crippen molar-refractivity contribution in [2.45, 2.75) is 65.1 Å². The Bertz CT molecular complexity index is 878. The van der Waals surface area contributed by atoms with Gasteiger partial charge in [-0.2, -0.15) is 17.4 Å². The molecule has 0 unspecified atom stereocenters. The van der Waals surface area contributed by atoms with Crippen LogP contribution in [0.3, 0.4) is 0 Å². The predicted molar refractivity (Wildman–Crippen MR) is 145 cm³/mol. The fraction of sp³-hybridized carbons (Fsp3) is 0.692. The third-order valence-corrected chi connectivity index (χ3v) is 7.87. The van der Waals surface area contributed by atoms with Crippen LogP contribution in [0, 0.1) is 11.8 Å². The second-order valence-corrected chi connectivity index (χ2v) is 11.4. The van der Waals surface area contributed by atoms with Crippen LogP contribution in [-0.4, -0.2) is 76.5 Å².